The fourth-order valence-electron chi connectivity index (χ4n) is 1.65. The highest BCUT2D eigenvalue weighted by Gasteiger charge is 2.17. The summed E-state index contributed by atoms with van der Waals surface area (Å²) in [6.07, 6.45) is 1.48. The van der Waals surface area contributed by atoms with Gasteiger partial charge < -0.3 is 20.1 Å². The number of nitrogens with two attached hydrogens (primary N) is 1. The number of aromatic nitrogens is 2. The van der Waals surface area contributed by atoms with E-state index in [0.29, 0.717) is 31.4 Å². The first-order valence-electron chi connectivity index (χ1n) is 5.39. The molecule has 0 radical (unpaired) electrons. The van der Waals surface area contributed by atoms with Gasteiger partial charge in [-0.05, 0) is 6.92 Å². The standard InChI is InChI=1S/C10H16N4O2/c1-2-16-10-8(11)9(12-7-13-10)14-3-5-15-6-4-14/h7H,2-6,11H2,1H3. The molecular formula is C10H16N4O2. The summed E-state index contributed by atoms with van der Waals surface area (Å²) in [4.78, 5) is 10.3. The van der Waals surface area contributed by atoms with Gasteiger partial charge in [0.15, 0.2) is 5.82 Å². The van der Waals surface area contributed by atoms with Crippen molar-refractivity contribution >= 4 is 11.5 Å². The van der Waals surface area contributed by atoms with E-state index in [4.69, 9.17) is 15.2 Å². The number of hydrogen-bond donors (Lipinski definition) is 1. The summed E-state index contributed by atoms with van der Waals surface area (Å²) in [5.41, 5.74) is 6.47. The monoisotopic (exact) mass is 224 g/mol. The predicted octanol–water partition coefficient (Wildman–Crippen LogP) is 0.294. The number of ether oxygens (including phenoxy) is 2. The molecule has 6 heteroatoms. The van der Waals surface area contributed by atoms with Gasteiger partial charge in [-0.2, -0.15) is 4.98 Å². The molecule has 1 aliphatic rings. The van der Waals surface area contributed by atoms with Crippen LogP contribution in [0.5, 0.6) is 5.88 Å². The van der Waals surface area contributed by atoms with Gasteiger partial charge in [0.2, 0.25) is 5.88 Å². The van der Waals surface area contributed by atoms with E-state index in [2.05, 4.69) is 14.9 Å². The highest BCUT2D eigenvalue weighted by molar-refractivity contribution is 5.67. The van der Waals surface area contributed by atoms with Gasteiger partial charge >= 0.3 is 0 Å². The molecule has 0 saturated carbocycles. The van der Waals surface area contributed by atoms with E-state index >= 15 is 0 Å². The maximum Gasteiger partial charge on any atom is 0.242 e. The highest BCUT2D eigenvalue weighted by atomic mass is 16.5. The Hall–Kier alpha value is -1.56. The number of rotatable bonds is 3. The molecule has 1 aromatic rings. The lowest BCUT2D eigenvalue weighted by molar-refractivity contribution is 0.122. The van der Waals surface area contributed by atoms with Gasteiger partial charge in [0.1, 0.15) is 12.0 Å². The Morgan fingerprint density at radius 2 is 2.19 bits per heavy atom. The van der Waals surface area contributed by atoms with Crippen LogP contribution in [-0.4, -0.2) is 42.9 Å². The summed E-state index contributed by atoms with van der Waals surface area (Å²) in [5.74, 6) is 1.20. The second kappa shape index (κ2) is 4.98. The Balaban J connectivity index is 2.22. The van der Waals surface area contributed by atoms with E-state index in [9.17, 15) is 0 Å². The van der Waals surface area contributed by atoms with E-state index in [1.165, 1.54) is 6.33 Å². The molecule has 16 heavy (non-hydrogen) atoms. The van der Waals surface area contributed by atoms with Crippen LogP contribution in [0.3, 0.4) is 0 Å². The van der Waals surface area contributed by atoms with Crippen LogP contribution in [0.1, 0.15) is 6.92 Å². The third kappa shape index (κ3) is 2.16. The molecule has 0 unspecified atom stereocenters. The van der Waals surface area contributed by atoms with Crippen LogP contribution in [0.4, 0.5) is 11.5 Å². The molecule has 1 saturated heterocycles. The molecule has 0 bridgehead atoms. The quantitative estimate of drug-likeness (QED) is 0.795. The molecule has 0 atom stereocenters. The van der Waals surface area contributed by atoms with E-state index in [1.54, 1.807) is 0 Å². The summed E-state index contributed by atoms with van der Waals surface area (Å²) in [7, 11) is 0. The normalized spacial score (nSPS) is 16.2. The second-order valence-electron chi connectivity index (χ2n) is 3.45. The first-order chi connectivity index (χ1) is 7.83. The predicted molar refractivity (Wildman–Crippen MR) is 60.6 cm³/mol. The van der Waals surface area contributed by atoms with Crippen molar-refractivity contribution in [1.82, 2.24) is 9.97 Å². The number of morpholine rings is 1. The molecular weight excluding hydrogens is 208 g/mol. The summed E-state index contributed by atoms with van der Waals surface area (Å²) >= 11 is 0. The van der Waals surface area contributed by atoms with Gasteiger partial charge in [-0.3, -0.25) is 0 Å². The largest absolute Gasteiger partial charge is 0.476 e. The minimum atomic E-state index is 0.457. The van der Waals surface area contributed by atoms with Crippen LogP contribution in [0.2, 0.25) is 0 Å². The number of anilines is 2. The summed E-state index contributed by atoms with van der Waals surface area (Å²) in [6.45, 7) is 5.44. The molecule has 0 aromatic carbocycles. The molecule has 2 N–H and O–H groups in total. The van der Waals surface area contributed by atoms with Gasteiger partial charge in [0.25, 0.3) is 0 Å². The fraction of sp³-hybridized carbons (Fsp3) is 0.600. The molecule has 1 aromatic heterocycles. The Morgan fingerprint density at radius 3 is 2.88 bits per heavy atom. The smallest absolute Gasteiger partial charge is 0.242 e. The average molecular weight is 224 g/mol. The lowest BCUT2D eigenvalue weighted by Crippen LogP contribution is -2.37. The van der Waals surface area contributed by atoms with Gasteiger partial charge in [-0.25, -0.2) is 4.98 Å². The Kier molecular flexibility index (Phi) is 3.40. The van der Waals surface area contributed by atoms with Gasteiger partial charge in [-0.1, -0.05) is 0 Å². The van der Waals surface area contributed by atoms with Crippen molar-refractivity contribution in [2.75, 3.05) is 43.5 Å². The lowest BCUT2D eigenvalue weighted by Gasteiger charge is -2.28. The first kappa shape index (κ1) is 10.9. The second-order valence-corrected chi connectivity index (χ2v) is 3.45. The number of nitrogen functional groups attached to an aromatic ring is 1. The van der Waals surface area contributed by atoms with Crippen LogP contribution in [-0.2, 0) is 4.74 Å². The van der Waals surface area contributed by atoms with Crippen LogP contribution >= 0.6 is 0 Å². The Bertz CT molecular complexity index is 353. The molecule has 0 aliphatic carbocycles. The summed E-state index contributed by atoms with van der Waals surface area (Å²) < 4.78 is 10.6. The summed E-state index contributed by atoms with van der Waals surface area (Å²) in [6, 6.07) is 0. The minimum absolute atomic E-state index is 0.457. The first-order valence-corrected chi connectivity index (χ1v) is 5.39. The van der Waals surface area contributed by atoms with Crippen LogP contribution in [0.15, 0.2) is 6.33 Å². The maximum atomic E-state index is 5.97. The molecule has 1 fully saturated rings. The van der Waals surface area contributed by atoms with Gasteiger partial charge in [0.05, 0.1) is 19.8 Å². The van der Waals surface area contributed by atoms with Crippen LogP contribution < -0.4 is 15.4 Å². The maximum absolute atomic E-state index is 5.97. The lowest BCUT2D eigenvalue weighted by atomic mass is 10.3. The molecule has 88 valence electrons. The third-order valence-corrected chi connectivity index (χ3v) is 2.42. The molecule has 2 heterocycles. The average Bonchev–Trinajstić information content (AvgIpc) is 2.33. The number of hydrogen-bond acceptors (Lipinski definition) is 6. The van der Waals surface area contributed by atoms with E-state index in [0.717, 1.165) is 18.9 Å². The van der Waals surface area contributed by atoms with Crippen LogP contribution in [0.25, 0.3) is 0 Å². The van der Waals surface area contributed by atoms with E-state index < -0.39 is 0 Å². The van der Waals surface area contributed by atoms with Crippen molar-refractivity contribution in [1.29, 1.82) is 0 Å². The Morgan fingerprint density at radius 1 is 1.44 bits per heavy atom. The zero-order chi connectivity index (χ0) is 11.4. The van der Waals surface area contributed by atoms with Gasteiger partial charge in [0, 0.05) is 13.1 Å². The van der Waals surface area contributed by atoms with Gasteiger partial charge in [-0.15, -0.1) is 0 Å². The van der Waals surface area contributed by atoms with Crippen molar-refractivity contribution in [3.05, 3.63) is 6.33 Å². The van der Waals surface area contributed by atoms with Crippen molar-refractivity contribution < 1.29 is 9.47 Å². The zero-order valence-electron chi connectivity index (χ0n) is 9.35. The molecule has 2 rings (SSSR count). The van der Waals surface area contributed by atoms with Crippen molar-refractivity contribution in [2.24, 2.45) is 0 Å². The summed E-state index contributed by atoms with van der Waals surface area (Å²) in [5, 5.41) is 0. The molecule has 1 aliphatic heterocycles. The zero-order valence-corrected chi connectivity index (χ0v) is 9.35. The topological polar surface area (TPSA) is 73.5 Å². The van der Waals surface area contributed by atoms with E-state index in [-0.39, 0.29) is 0 Å². The molecule has 6 nitrogen and oxygen atoms in total. The van der Waals surface area contributed by atoms with Crippen molar-refractivity contribution in [2.45, 2.75) is 6.92 Å². The molecule has 0 amide bonds. The number of nitrogens with zero attached hydrogens (tertiary/aromatic N) is 3. The minimum Gasteiger partial charge on any atom is -0.476 e. The van der Waals surface area contributed by atoms with Crippen LogP contribution in [0, 0.1) is 0 Å². The van der Waals surface area contributed by atoms with Crippen molar-refractivity contribution in [3.8, 4) is 5.88 Å². The molecule has 0 spiro atoms. The SMILES string of the molecule is CCOc1ncnc(N2CCOCC2)c1N. The fourth-order valence-corrected chi connectivity index (χ4v) is 1.65. The van der Waals surface area contributed by atoms with Crippen molar-refractivity contribution in [3.63, 3.8) is 0 Å². The highest BCUT2D eigenvalue weighted by Crippen LogP contribution is 2.28. The van der Waals surface area contributed by atoms with E-state index in [1.807, 2.05) is 6.92 Å². The third-order valence-electron chi connectivity index (χ3n) is 2.42. The Labute approximate surface area is 94.4 Å².